The van der Waals surface area contributed by atoms with Crippen LogP contribution in [0.15, 0.2) is 0 Å². The molecule has 0 N–H and O–H groups in total. The predicted molar refractivity (Wildman–Crippen MR) is 47.8 cm³/mol. The van der Waals surface area contributed by atoms with Gasteiger partial charge in [0.05, 0.1) is 0 Å². The van der Waals surface area contributed by atoms with E-state index in [4.69, 9.17) is 0 Å². The first-order valence-corrected chi connectivity index (χ1v) is 5.17. The van der Waals surface area contributed by atoms with E-state index < -0.39 is 0 Å². The molecule has 0 aromatic heterocycles. The lowest BCUT2D eigenvalue weighted by atomic mass is 10.0. The van der Waals surface area contributed by atoms with Gasteiger partial charge in [-0.2, -0.15) is 0 Å². The minimum Gasteiger partial charge on any atom is -0.340 e. The molecule has 0 aliphatic carbocycles. The Morgan fingerprint density at radius 1 is 1.08 bits per heavy atom. The molecule has 1 amide bonds. The SMILES string of the molecule is O=C1CCC2CCCCCCN12. The topological polar surface area (TPSA) is 20.3 Å². The van der Waals surface area contributed by atoms with Gasteiger partial charge in [0.15, 0.2) is 0 Å². The maximum absolute atomic E-state index is 11.4. The maximum atomic E-state index is 11.4. The molecule has 0 aromatic carbocycles. The Bertz CT molecular complexity index is 179. The van der Waals surface area contributed by atoms with E-state index in [1.807, 2.05) is 0 Å². The van der Waals surface area contributed by atoms with Gasteiger partial charge in [-0.25, -0.2) is 0 Å². The summed E-state index contributed by atoms with van der Waals surface area (Å²) in [5, 5.41) is 0. The van der Waals surface area contributed by atoms with Crippen molar-refractivity contribution in [2.24, 2.45) is 0 Å². The number of hydrogen-bond acceptors (Lipinski definition) is 1. The van der Waals surface area contributed by atoms with Crippen LogP contribution in [0.25, 0.3) is 0 Å². The number of carbonyl (C=O) groups excluding carboxylic acids is 1. The smallest absolute Gasteiger partial charge is 0.222 e. The van der Waals surface area contributed by atoms with E-state index in [1.54, 1.807) is 0 Å². The molecule has 2 fully saturated rings. The van der Waals surface area contributed by atoms with E-state index in [9.17, 15) is 4.79 Å². The normalized spacial score (nSPS) is 31.2. The third-order valence-electron chi connectivity index (χ3n) is 3.14. The van der Waals surface area contributed by atoms with Crippen molar-refractivity contribution >= 4 is 5.91 Å². The molecular formula is C10H17NO. The highest BCUT2D eigenvalue weighted by Gasteiger charge is 2.30. The Labute approximate surface area is 73.9 Å². The highest BCUT2D eigenvalue weighted by molar-refractivity contribution is 5.78. The Balaban J connectivity index is 2.00. The first kappa shape index (κ1) is 8.09. The maximum Gasteiger partial charge on any atom is 0.222 e. The van der Waals surface area contributed by atoms with Crippen molar-refractivity contribution < 1.29 is 4.79 Å². The van der Waals surface area contributed by atoms with Crippen LogP contribution in [0.3, 0.4) is 0 Å². The van der Waals surface area contributed by atoms with Crippen LogP contribution in [0.1, 0.15) is 44.9 Å². The van der Waals surface area contributed by atoms with Gasteiger partial charge < -0.3 is 4.90 Å². The molecule has 2 aliphatic rings. The lowest BCUT2D eigenvalue weighted by molar-refractivity contribution is -0.129. The van der Waals surface area contributed by atoms with Crippen LogP contribution in [0.5, 0.6) is 0 Å². The molecule has 2 heteroatoms. The summed E-state index contributed by atoms with van der Waals surface area (Å²) in [6.45, 7) is 1.03. The van der Waals surface area contributed by atoms with Gasteiger partial charge in [0.1, 0.15) is 0 Å². The molecule has 0 bridgehead atoms. The minimum atomic E-state index is 0.405. The van der Waals surface area contributed by atoms with E-state index >= 15 is 0 Å². The van der Waals surface area contributed by atoms with Gasteiger partial charge >= 0.3 is 0 Å². The molecule has 68 valence electrons. The number of nitrogens with zero attached hydrogens (tertiary/aromatic N) is 1. The lowest BCUT2D eigenvalue weighted by Crippen LogP contribution is -2.34. The fourth-order valence-electron chi connectivity index (χ4n) is 2.42. The van der Waals surface area contributed by atoms with E-state index in [0.29, 0.717) is 11.9 Å². The molecule has 2 nitrogen and oxygen atoms in total. The standard InChI is InChI=1S/C10H17NO/c12-10-7-6-9-5-3-1-2-4-8-11(9)10/h9H,1-8H2. The molecule has 0 spiro atoms. The molecule has 0 radical (unpaired) electrons. The summed E-state index contributed by atoms with van der Waals surface area (Å²) < 4.78 is 0. The molecule has 0 aromatic rings. The second-order valence-corrected chi connectivity index (χ2v) is 3.98. The van der Waals surface area contributed by atoms with Crippen molar-refractivity contribution in [3.8, 4) is 0 Å². The summed E-state index contributed by atoms with van der Waals surface area (Å²) >= 11 is 0. The van der Waals surface area contributed by atoms with Gasteiger partial charge in [-0.1, -0.05) is 19.3 Å². The average Bonchev–Trinajstić information content (AvgIpc) is 2.31. The van der Waals surface area contributed by atoms with E-state index in [-0.39, 0.29) is 0 Å². The summed E-state index contributed by atoms with van der Waals surface area (Å²) in [6, 6.07) is 0.609. The van der Waals surface area contributed by atoms with Crippen molar-refractivity contribution in [1.29, 1.82) is 0 Å². The summed E-state index contributed by atoms with van der Waals surface area (Å²) in [4.78, 5) is 13.5. The number of fused-ring (bicyclic) bond motifs is 1. The van der Waals surface area contributed by atoms with Crippen molar-refractivity contribution in [3.63, 3.8) is 0 Å². The third kappa shape index (κ3) is 1.47. The second kappa shape index (κ2) is 3.46. The van der Waals surface area contributed by atoms with Crippen LogP contribution >= 0.6 is 0 Å². The zero-order chi connectivity index (χ0) is 8.39. The highest BCUT2D eigenvalue weighted by Crippen LogP contribution is 2.26. The largest absolute Gasteiger partial charge is 0.340 e. The van der Waals surface area contributed by atoms with Crippen molar-refractivity contribution in [3.05, 3.63) is 0 Å². The van der Waals surface area contributed by atoms with Crippen LogP contribution < -0.4 is 0 Å². The van der Waals surface area contributed by atoms with Crippen LogP contribution in [0.2, 0.25) is 0 Å². The first-order chi connectivity index (χ1) is 5.88. The van der Waals surface area contributed by atoms with Crippen molar-refractivity contribution in [2.45, 2.75) is 51.0 Å². The second-order valence-electron chi connectivity index (χ2n) is 3.98. The molecular weight excluding hydrogens is 150 g/mol. The van der Waals surface area contributed by atoms with E-state index in [2.05, 4.69) is 4.90 Å². The van der Waals surface area contributed by atoms with Gasteiger partial charge in [0.25, 0.3) is 0 Å². The Morgan fingerprint density at radius 2 is 1.92 bits per heavy atom. The predicted octanol–water partition coefficient (Wildman–Crippen LogP) is 1.94. The first-order valence-electron chi connectivity index (χ1n) is 5.17. The summed E-state index contributed by atoms with van der Waals surface area (Å²) in [5.74, 6) is 0.405. The van der Waals surface area contributed by atoms with E-state index in [1.165, 1.54) is 32.1 Å². The summed E-state index contributed by atoms with van der Waals surface area (Å²) in [5.41, 5.74) is 0. The molecule has 1 atom stereocenters. The molecule has 2 rings (SSSR count). The molecule has 2 aliphatic heterocycles. The molecule has 0 saturated carbocycles. The molecule has 12 heavy (non-hydrogen) atoms. The van der Waals surface area contributed by atoms with Gasteiger partial charge in [-0.05, 0) is 19.3 Å². The fraction of sp³-hybridized carbons (Fsp3) is 0.900. The zero-order valence-corrected chi connectivity index (χ0v) is 7.59. The average molecular weight is 167 g/mol. The van der Waals surface area contributed by atoms with Crippen molar-refractivity contribution in [2.75, 3.05) is 6.54 Å². The molecule has 2 heterocycles. The third-order valence-corrected chi connectivity index (χ3v) is 3.14. The quantitative estimate of drug-likeness (QED) is 0.540. The number of amides is 1. The number of carbonyl (C=O) groups is 1. The minimum absolute atomic E-state index is 0.405. The molecule has 2 saturated heterocycles. The molecule has 1 unspecified atom stereocenters. The Hall–Kier alpha value is -0.530. The van der Waals surface area contributed by atoms with Crippen LogP contribution in [0.4, 0.5) is 0 Å². The van der Waals surface area contributed by atoms with Crippen LogP contribution in [-0.2, 0) is 4.79 Å². The zero-order valence-electron chi connectivity index (χ0n) is 7.59. The van der Waals surface area contributed by atoms with Gasteiger partial charge in [-0.15, -0.1) is 0 Å². The van der Waals surface area contributed by atoms with Gasteiger partial charge in [0, 0.05) is 19.0 Å². The van der Waals surface area contributed by atoms with Crippen LogP contribution in [-0.4, -0.2) is 23.4 Å². The Morgan fingerprint density at radius 3 is 2.83 bits per heavy atom. The summed E-state index contributed by atoms with van der Waals surface area (Å²) in [6.07, 6.45) is 8.43. The summed E-state index contributed by atoms with van der Waals surface area (Å²) in [7, 11) is 0. The van der Waals surface area contributed by atoms with Gasteiger partial charge in [-0.3, -0.25) is 4.79 Å². The van der Waals surface area contributed by atoms with Crippen LogP contribution in [0, 0.1) is 0 Å². The van der Waals surface area contributed by atoms with Gasteiger partial charge in [0.2, 0.25) is 5.91 Å². The number of hydrogen-bond donors (Lipinski definition) is 0. The highest BCUT2D eigenvalue weighted by atomic mass is 16.2. The Kier molecular flexibility index (Phi) is 2.33. The monoisotopic (exact) mass is 167 g/mol. The number of rotatable bonds is 0. The van der Waals surface area contributed by atoms with Crippen molar-refractivity contribution in [1.82, 2.24) is 4.90 Å². The fourth-order valence-corrected chi connectivity index (χ4v) is 2.42. The lowest BCUT2D eigenvalue weighted by Gasteiger charge is -2.26. The van der Waals surface area contributed by atoms with E-state index in [0.717, 1.165) is 19.4 Å².